The molecule has 1 aromatic heterocycles. The van der Waals surface area contributed by atoms with Crippen molar-refractivity contribution in [2.24, 2.45) is 0 Å². The van der Waals surface area contributed by atoms with Gasteiger partial charge in [0.15, 0.2) is 0 Å². The zero-order valence-corrected chi connectivity index (χ0v) is 12.1. The third-order valence-electron chi connectivity index (χ3n) is 2.93. The predicted octanol–water partition coefficient (Wildman–Crippen LogP) is 2.54. The molecular formula is C15H15ClN2O2. The van der Waals surface area contributed by atoms with E-state index in [1.807, 2.05) is 13.0 Å². The van der Waals surface area contributed by atoms with E-state index in [-0.39, 0.29) is 0 Å². The Morgan fingerprint density at radius 2 is 1.95 bits per heavy atom. The molecule has 0 saturated heterocycles. The number of rotatable bonds is 3. The van der Waals surface area contributed by atoms with Gasteiger partial charge in [-0.25, -0.2) is 0 Å². The molecule has 1 aromatic carbocycles. The fraction of sp³-hybridized carbons (Fsp3) is 0.200. The molecule has 0 aliphatic carbocycles. The van der Waals surface area contributed by atoms with Gasteiger partial charge in [0, 0.05) is 24.0 Å². The van der Waals surface area contributed by atoms with E-state index in [0.29, 0.717) is 17.3 Å². The van der Waals surface area contributed by atoms with Gasteiger partial charge in [0.25, 0.3) is 0 Å². The summed E-state index contributed by atoms with van der Waals surface area (Å²) < 4.78 is 2.64. The number of allylic oxidation sites excluding steroid dienone is 1. The van der Waals surface area contributed by atoms with Gasteiger partial charge in [0.2, 0.25) is 0 Å². The van der Waals surface area contributed by atoms with Gasteiger partial charge >= 0.3 is 11.1 Å². The van der Waals surface area contributed by atoms with Gasteiger partial charge in [-0.05, 0) is 31.5 Å². The van der Waals surface area contributed by atoms with E-state index in [2.05, 4.69) is 6.58 Å². The molecular weight excluding hydrogens is 276 g/mol. The number of benzene rings is 1. The van der Waals surface area contributed by atoms with Crippen molar-refractivity contribution in [3.8, 4) is 5.69 Å². The van der Waals surface area contributed by atoms with Crippen molar-refractivity contribution in [3.63, 3.8) is 0 Å². The van der Waals surface area contributed by atoms with Gasteiger partial charge in [-0.15, -0.1) is 0 Å². The average Bonchev–Trinajstić information content (AvgIpc) is 2.38. The first-order chi connectivity index (χ1) is 9.40. The quantitative estimate of drug-likeness (QED) is 0.644. The van der Waals surface area contributed by atoms with E-state index < -0.39 is 11.1 Å². The molecule has 0 spiro atoms. The summed E-state index contributed by atoms with van der Waals surface area (Å²) in [6.07, 6.45) is 3.14. The highest BCUT2D eigenvalue weighted by molar-refractivity contribution is 6.31. The second-order valence-corrected chi connectivity index (χ2v) is 5.20. The molecule has 5 heteroatoms. The van der Waals surface area contributed by atoms with Crippen molar-refractivity contribution < 1.29 is 0 Å². The van der Waals surface area contributed by atoms with E-state index in [9.17, 15) is 9.59 Å². The van der Waals surface area contributed by atoms with Crippen LogP contribution in [0.2, 0.25) is 5.02 Å². The van der Waals surface area contributed by atoms with Crippen molar-refractivity contribution in [2.45, 2.75) is 20.4 Å². The number of hydrogen-bond acceptors (Lipinski definition) is 2. The van der Waals surface area contributed by atoms with Crippen molar-refractivity contribution in [3.05, 3.63) is 74.0 Å². The summed E-state index contributed by atoms with van der Waals surface area (Å²) in [5, 5.41) is 0.556. The zero-order valence-electron chi connectivity index (χ0n) is 11.4. The van der Waals surface area contributed by atoms with E-state index in [4.69, 9.17) is 11.6 Å². The monoisotopic (exact) mass is 290 g/mol. The van der Waals surface area contributed by atoms with Crippen molar-refractivity contribution in [1.29, 1.82) is 0 Å². The average molecular weight is 291 g/mol. The van der Waals surface area contributed by atoms with Crippen LogP contribution >= 0.6 is 11.6 Å². The zero-order chi connectivity index (χ0) is 14.9. The van der Waals surface area contributed by atoms with Crippen LogP contribution < -0.4 is 11.1 Å². The summed E-state index contributed by atoms with van der Waals surface area (Å²) in [7, 11) is 0. The number of hydrogen-bond donors (Lipinski definition) is 0. The molecule has 104 valence electrons. The molecule has 2 rings (SSSR count). The largest absolute Gasteiger partial charge is 0.320 e. The normalized spacial score (nSPS) is 10.6. The summed E-state index contributed by atoms with van der Waals surface area (Å²) in [6.45, 7) is 7.75. The molecule has 0 aliphatic rings. The van der Waals surface area contributed by atoms with E-state index in [0.717, 1.165) is 11.1 Å². The number of aromatic nitrogens is 2. The van der Waals surface area contributed by atoms with Crippen LogP contribution in [0.25, 0.3) is 5.69 Å². The van der Waals surface area contributed by atoms with Crippen molar-refractivity contribution in [2.75, 3.05) is 0 Å². The predicted molar refractivity (Wildman–Crippen MR) is 80.9 cm³/mol. The van der Waals surface area contributed by atoms with Crippen LogP contribution in [-0.4, -0.2) is 9.13 Å². The van der Waals surface area contributed by atoms with Crippen LogP contribution in [0.4, 0.5) is 0 Å². The number of aryl methyl sites for hydroxylation is 1. The van der Waals surface area contributed by atoms with Crippen LogP contribution in [0.5, 0.6) is 0 Å². The maximum atomic E-state index is 12.1. The molecule has 0 unspecified atom stereocenters. The van der Waals surface area contributed by atoms with E-state index in [1.54, 1.807) is 31.5 Å². The summed E-state index contributed by atoms with van der Waals surface area (Å²) in [5.41, 5.74) is 1.12. The molecule has 4 nitrogen and oxygen atoms in total. The van der Waals surface area contributed by atoms with Crippen LogP contribution in [0.3, 0.4) is 0 Å². The van der Waals surface area contributed by atoms with Gasteiger partial charge in [-0.1, -0.05) is 29.8 Å². The Morgan fingerprint density at radius 3 is 2.55 bits per heavy atom. The summed E-state index contributed by atoms with van der Waals surface area (Å²) in [6, 6.07) is 5.23. The second-order valence-electron chi connectivity index (χ2n) is 4.80. The maximum Gasteiger partial charge on any atom is 0.320 e. The first-order valence-electron chi connectivity index (χ1n) is 6.13. The lowest BCUT2D eigenvalue weighted by Gasteiger charge is -2.09. The topological polar surface area (TPSA) is 44.0 Å². The van der Waals surface area contributed by atoms with E-state index >= 15 is 0 Å². The fourth-order valence-corrected chi connectivity index (χ4v) is 2.03. The second kappa shape index (κ2) is 5.51. The molecule has 0 radical (unpaired) electrons. The lowest BCUT2D eigenvalue weighted by atomic mass is 10.2. The maximum absolute atomic E-state index is 12.1. The molecule has 0 fully saturated rings. The molecule has 0 aliphatic heterocycles. The highest BCUT2D eigenvalue weighted by Gasteiger charge is 2.07. The van der Waals surface area contributed by atoms with Gasteiger partial charge < -0.3 is 4.57 Å². The Bertz CT molecular complexity index is 787. The standard InChI is InChI=1S/C15H15ClN2O2/c1-10(2)9-17-6-7-18(15(20)14(17)19)12-5-4-11(3)13(16)8-12/h4-8H,1,9H2,2-3H3. The van der Waals surface area contributed by atoms with Gasteiger partial charge in [-0.3, -0.25) is 14.2 Å². The molecule has 1 heterocycles. The fourth-order valence-electron chi connectivity index (χ4n) is 1.86. The minimum absolute atomic E-state index is 0.337. The smallest absolute Gasteiger partial charge is 0.305 e. The van der Waals surface area contributed by atoms with Crippen LogP contribution in [0.15, 0.2) is 52.3 Å². The Morgan fingerprint density at radius 1 is 1.25 bits per heavy atom. The van der Waals surface area contributed by atoms with Gasteiger partial charge in [0.1, 0.15) is 0 Å². The first kappa shape index (κ1) is 14.3. The lowest BCUT2D eigenvalue weighted by molar-refractivity contribution is 0.710. The summed E-state index contributed by atoms with van der Waals surface area (Å²) in [5.74, 6) is 0. The third-order valence-corrected chi connectivity index (χ3v) is 3.34. The number of nitrogens with zero attached hydrogens (tertiary/aromatic N) is 2. The molecule has 0 bridgehead atoms. The molecule has 20 heavy (non-hydrogen) atoms. The molecule has 0 atom stereocenters. The van der Waals surface area contributed by atoms with Gasteiger partial charge in [-0.2, -0.15) is 0 Å². The lowest BCUT2D eigenvalue weighted by Crippen LogP contribution is -2.40. The van der Waals surface area contributed by atoms with Crippen LogP contribution in [-0.2, 0) is 6.54 Å². The SMILES string of the molecule is C=C(C)Cn1ccn(-c2ccc(C)c(Cl)c2)c(=O)c1=O. The number of halogens is 1. The minimum atomic E-state index is -0.603. The molecule has 0 N–H and O–H groups in total. The highest BCUT2D eigenvalue weighted by Crippen LogP contribution is 2.18. The molecule has 2 aromatic rings. The Balaban J connectivity index is 2.57. The van der Waals surface area contributed by atoms with E-state index in [1.165, 1.54) is 9.13 Å². The molecule has 0 amide bonds. The Kier molecular flexibility index (Phi) is 3.95. The summed E-state index contributed by atoms with van der Waals surface area (Å²) in [4.78, 5) is 24.1. The van der Waals surface area contributed by atoms with Crippen molar-refractivity contribution in [1.82, 2.24) is 9.13 Å². The first-order valence-corrected chi connectivity index (χ1v) is 6.51. The van der Waals surface area contributed by atoms with Crippen LogP contribution in [0.1, 0.15) is 12.5 Å². The van der Waals surface area contributed by atoms with Gasteiger partial charge in [0.05, 0.1) is 5.69 Å². The van der Waals surface area contributed by atoms with Crippen LogP contribution in [0, 0.1) is 6.92 Å². The Labute approximate surface area is 121 Å². The Hall–Kier alpha value is -2.07. The third kappa shape index (κ3) is 2.75. The highest BCUT2D eigenvalue weighted by atomic mass is 35.5. The minimum Gasteiger partial charge on any atom is -0.305 e. The summed E-state index contributed by atoms with van der Waals surface area (Å²) >= 11 is 6.05. The molecule has 0 saturated carbocycles. The van der Waals surface area contributed by atoms with Crippen molar-refractivity contribution >= 4 is 11.6 Å².